The molecule has 0 bridgehead atoms. The second-order valence-electron chi connectivity index (χ2n) is 5.21. The minimum Gasteiger partial charge on any atom is -0.381 e. The summed E-state index contributed by atoms with van der Waals surface area (Å²) in [6, 6.07) is 8.43. The summed E-state index contributed by atoms with van der Waals surface area (Å²) in [7, 11) is -2.23. The third-order valence-corrected chi connectivity index (χ3v) is 6.02. The highest BCUT2D eigenvalue weighted by Gasteiger charge is 2.14. The van der Waals surface area contributed by atoms with Crippen LogP contribution < -0.4 is 4.18 Å². The number of rotatable bonds is 5. The summed E-state index contributed by atoms with van der Waals surface area (Å²) in [5.41, 5.74) is 0.886. The first-order valence-corrected chi connectivity index (χ1v) is 12.3. The van der Waals surface area contributed by atoms with Gasteiger partial charge in [0, 0.05) is 16.1 Å². The number of hydrogen-bond acceptors (Lipinski definition) is 9. The van der Waals surface area contributed by atoms with Crippen molar-refractivity contribution in [2.75, 3.05) is 6.26 Å². The normalized spacial score (nSPS) is 12.7. The molecule has 0 radical (unpaired) electrons. The van der Waals surface area contributed by atoms with Gasteiger partial charge in [-0.15, -0.1) is 10.2 Å². The van der Waals surface area contributed by atoms with E-state index in [0.29, 0.717) is 21.6 Å². The van der Waals surface area contributed by atoms with Crippen LogP contribution in [0.2, 0.25) is 5.02 Å². The molecule has 0 fully saturated rings. The maximum Gasteiger partial charge on any atom is 0.306 e. The standard InChI is InChI=1S/C14H9Cl2N3O5S3/c1-26(20,21)24-13-5-2-8(6-11(13)15)17-18-14-10-7-9(27(16,22)23)3-4-12(10)19-25-14/h2-7H,1H3. The molecular weight excluding hydrogens is 457 g/mol. The molecule has 3 aromatic rings. The fourth-order valence-electron chi connectivity index (χ4n) is 2.02. The van der Waals surface area contributed by atoms with Crippen molar-refractivity contribution < 1.29 is 21.0 Å². The molecule has 0 amide bonds. The van der Waals surface area contributed by atoms with Gasteiger partial charge in [-0.3, -0.25) is 0 Å². The second-order valence-corrected chi connectivity index (χ2v) is 10.5. The highest BCUT2D eigenvalue weighted by atomic mass is 35.7. The molecule has 8 nitrogen and oxygen atoms in total. The summed E-state index contributed by atoms with van der Waals surface area (Å²) in [4.78, 5) is -0.0707. The predicted molar refractivity (Wildman–Crippen MR) is 104 cm³/mol. The third-order valence-electron chi connectivity index (χ3n) is 3.12. The van der Waals surface area contributed by atoms with Gasteiger partial charge in [0.05, 0.1) is 27.4 Å². The van der Waals surface area contributed by atoms with Gasteiger partial charge in [0.2, 0.25) is 0 Å². The van der Waals surface area contributed by atoms with Crippen LogP contribution in [0.3, 0.4) is 0 Å². The van der Waals surface area contributed by atoms with Gasteiger partial charge in [0.25, 0.3) is 9.05 Å². The Balaban J connectivity index is 1.93. The number of benzene rings is 2. The zero-order valence-corrected chi connectivity index (χ0v) is 17.3. The lowest BCUT2D eigenvalue weighted by molar-refractivity contribution is 0.493. The Bertz CT molecular complexity index is 1270. The lowest BCUT2D eigenvalue weighted by atomic mass is 10.2. The molecule has 13 heteroatoms. The van der Waals surface area contributed by atoms with Gasteiger partial charge < -0.3 is 4.18 Å². The lowest BCUT2D eigenvalue weighted by Gasteiger charge is -2.04. The highest BCUT2D eigenvalue weighted by Crippen LogP contribution is 2.35. The Kier molecular flexibility index (Phi) is 5.41. The van der Waals surface area contributed by atoms with Crippen LogP contribution in [0, 0.1) is 0 Å². The predicted octanol–water partition coefficient (Wildman–Crippen LogP) is 4.63. The van der Waals surface area contributed by atoms with Crippen molar-refractivity contribution in [2.24, 2.45) is 10.2 Å². The van der Waals surface area contributed by atoms with E-state index in [9.17, 15) is 16.8 Å². The van der Waals surface area contributed by atoms with E-state index in [-0.39, 0.29) is 15.7 Å². The van der Waals surface area contributed by atoms with Crippen LogP contribution >= 0.6 is 33.8 Å². The highest BCUT2D eigenvalue weighted by molar-refractivity contribution is 8.13. The molecule has 0 aliphatic rings. The molecule has 0 aliphatic carbocycles. The summed E-state index contributed by atoms with van der Waals surface area (Å²) in [5.74, 6) is -0.0293. The van der Waals surface area contributed by atoms with Crippen molar-refractivity contribution in [2.45, 2.75) is 4.90 Å². The maximum atomic E-state index is 11.5. The monoisotopic (exact) mass is 465 g/mol. The Morgan fingerprint density at radius 1 is 1.07 bits per heavy atom. The lowest BCUT2D eigenvalue weighted by Crippen LogP contribution is -2.05. The zero-order chi connectivity index (χ0) is 19.8. The summed E-state index contributed by atoms with van der Waals surface area (Å²) in [5, 5.41) is 8.97. The van der Waals surface area contributed by atoms with Crippen LogP contribution in [0.15, 0.2) is 51.5 Å². The van der Waals surface area contributed by atoms with Crippen LogP contribution in [0.25, 0.3) is 10.9 Å². The second kappa shape index (κ2) is 7.32. The fraction of sp³-hybridized carbons (Fsp3) is 0.0714. The van der Waals surface area contributed by atoms with Gasteiger partial charge in [0.15, 0.2) is 10.8 Å². The van der Waals surface area contributed by atoms with E-state index < -0.39 is 19.2 Å². The molecule has 0 unspecified atom stereocenters. The van der Waals surface area contributed by atoms with E-state index >= 15 is 0 Å². The largest absolute Gasteiger partial charge is 0.381 e. The van der Waals surface area contributed by atoms with E-state index in [1.54, 1.807) is 0 Å². The van der Waals surface area contributed by atoms with Gasteiger partial charge in [0.1, 0.15) is 0 Å². The van der Waals surface area contributed by atoms with Crippen molar-refractivity contribution in [1.82, 2.24) is 4.37 Å². The summed E-state index contributed by atoms with van der Waals surface area (Å²) in [6.07, 6.45) is 0.904. The topological polar surface area (TPSA) is 115 Å². The van der Waals surface area contributed by atoms with Gasteiger partial charge in [-0.1, -0.05) is 11.6 Å². The van der Waals surface area contributed by atoms with E-state index in [1.807, 2.05) is 0 Å². The molecule has 1 aromatic heterocycles. The van der Waals surface area contributed by atoms with Gasteiger partial charge in [-0.05, 0) is 47.9 Å². The van der Waals surface area contributed by atoms with Crippen molar-refractivity contribution in [3.05, 3.63) is 41.4 Å². The summed E-state index contributed by atoms with van der Waals surface area (Å²) < 4.78 is 54.2. The van der Waals surface area contributed by atoms with Crippen LogP contribution in [0.1, 0.15) is 0 Å². The number of hydrogen-bond donors (Lipinski definition) is 0. The van der Waals surface area contributed by atoms with Gasteiger partial charge in [-0.2, -0.15) is 12.8 Å². The van der Waals surface area contributed by atoms with E-state index in [4.69, 9.17) is 26.5 Å². The molecule has 0 aliphatic heterocycles. The van der Waals surface area contributed by atoms with Crippen molar-refractivity contribution in [3.8, 4) is 5.75 Å². The first-order valence-electron chi connectivity index (χ1n) is 6.98. The van der Waals surface area contributed by atoms with Crippen molar-refractivity contribution in [3.63, 3.8) is 0 Å². The van der Waals surface area contributed by atoms with Crippen molar-refractivity contribution in [1.29, 1.82) is 0 Å². The van der Waals surface area contributed by atoms with E-state index in [0.717, 1.165) is 17.8 Å². The molecule has 1 heterocycles. The molecule has 2 aromatic carbocycles. The fourth-order valence-corrected chi connectivity index (χ4v) is 4.21. The zero-order valence-electron chi connectivity index (χ0n) is 13.3. The quantitative estimate of drug-likeness (QED) is 0.308. The molecule has 0 atom stereocenters. The molecule has 3 rings (SSSR count). The SMILES string of the molecule is CS(=O)(=O)Oc1ccc(N=Nc2snc3ccc(S(=O)(=O)Cl)cc23)cc1Cl. The van der Waals surface area contributed by atoms with E-state index in [1.165, 1.54) is 36.4 Å². The maximum absolute atomic E-state index is 11.5. The van der Waals surface area contributed by atoms with Crippen LogP contribution in [0.5, 0.6) is 5.75 Å². The minimum absolute atomic E-state index is 0.0293. The first-order chi connectivity index (χ1) is 12.5. The van der Waals surface area contributed by atoms with Crippen LogP contribution in [0.4, 0.5) is 10.7 Å². The summed E-state index contributed by atoms with van der Waals surface area (Å²) >= 11 is 7.01. The molecule has 27 heavy (non-hydrogen) atoms. The first kappa shape index (κ1) is 20.0. The molecule has 0 spiro atoms. The number of halogens is 2. The van der Waals surface area contributed by atoms with Crippen LogP contribution in [-0.2, 0) is 19.2 Å². The average molecular weight is 466 g/mol. The van der Waals surface area contributed by atoms with Gasteiger partial charge >= 0.3 is 10.1 Å². The Labute approximate surface area is 168 Å². The van der Waals surface area contributed by atoms with Crippen LogP contribution in [-0.4, -0.2) is 27.5 Å². The Morgan fingerprint density at radius 3 is 2.44 bits per heavy atom. The molecule has 0 saturated carbocycles. The molecule has 0 saturated heterocycles. The Morgan fingerprint density at radius 2 is 1.81 bits per heavy atom. The molecule has 0 N–H and O–H groups in total. The minimum atomic E-state index is -3.89. The number of aromatic nitrogens is 1. The summed E-state index contributed by atoms with van der Waals surface area (Å²) in [6.45, 7) is 0. The number of azo groups is 1. The smallest absolute Gasteiger partial charge is 0.306 e. The Hall–Kier alpha value is -1.79. The van der Waals surface area contributed by atoms with Gasteiger partial charge in [-0.25, -0.2) is 8.42 Å². The average Bonchev–Trinajstić information content (AvgIpc) is 2.95. The molecular formula is C14H9Cl2N3O5S3. The molecule has 142 valence electrons. The number of fused-ring (bicyclic) bond motifs is 1. The van der Waals surface area contributed by atoms with Crippen molar-refractivity contribution >= 4 is 74.6 Å². The third kappa shape index (κ3) is 4.93. The van der Waals surface area contributed by atoms with E-state index in [2.05, 4.69) is 14.6 Å². The number of nitrogens with zero attached hydrogens (tertiary/aromatic N) is 3.